The molecule has 0 atom stereocenters. The third-order valence-electron chi connectivity index (χ3n) is 4.31. The Morgan fingerprint density at radius 2 is 2.12 bits per heavy atom. The molecule has 7 heteroatoms. The molecule has 2 rings (SSSR count). The summed E-state index contributed by atoms with van der Waals surface area (Å²) in [5.41, 5.74) is 0. The van der Waals surface area contributed by atoms with Crippen LogP contribution in [0.15, 0.2) is 11.2 Å². The van der Waals surface area contributed by atoms with E-state index < -0.39 is 0 Å². The molecule has 1 amide bonds. The van der Waals surface area contributed by atoms with Crippen LogP contribution in [0.25, 0.3) is 0 Å². The van der Waals surface area contributed by atoms with Crippen LogP contribution >= 0.6 is 11.3 Å². The van der Waals surface area contributed by atoms with Crippen LogP contribution in [0.1, 0.15) is 50.4 Å². The summed E-state index contributed by atoms with van der Waals surface area (Å²) in [4.78, 5) is 24.4. The molecular formula is C18H31N5OS. The molecule has 1 aliphatic rings. The second-order valence-electron chi connectivity index (χ2n) is 6.67. The topological polar surface area (TPSA) is 69.6 Å². The van der Waals surface area contributed by atoms with Gasteiger partial charge in [-0.05, 0) is 26.2 Å². The summed E-state index contributed by atoms with van der Waals surface area (Å²) in [7, 11) is 0. The van der Waals surface area contributed by atoms with Gasteiger partial charge in [0.15, 0.2) is 5.96 Å². The maximum atomic E-state index is 12.1. The summed E-state index contributed by atoms with van der Waals surface area (Å²) < 4.78 is 0. The quantitative estimate of drug-likeness (QED) is 0.600. The van der Waals surface area contributed by atoms with Gasteiger partial charge in [0.05, 0.1) is 6.54 Å². The normalized spacial score (nSPS) is 16.4. The fourth-order valence-corrected chi connectivity index (χ4v) is 3.64. The molecule has 2 N–H and O–H groups in total. The van der Waals surface area contributed by atoms with Gasteiger partial charge < -0.3 is 15.5 Å². The predicted molar refractivity (Wildman–Crippen MR) is 104 cm³/mol. The van der Waals surface area contributed by atoms with E-state index in [1.807, 2.05) is 24.9 Å². The fourth-order valence-electron chi connectivity index (χ4n) is 2.85. The number of rotatable bonds is 6. The Morgan fingerprint density at radius 1 is 1.40 bits per heavy atom. The highest BCUT2D eigenvalue weighted by Gasteiger charge is 2.24. The molecule has 25 heavy (non-hydrogen) atoms. The number of likely N-dealkylation sites (tertiary alicyclic amines) is 1. The van der Waals surface area contributed by atoms with Gasteiger partial charge in [-0.15, -0.1) is 11.3 Å². The second-order valence-corrected chi connectivity index (χ2v) is 7.87. The zero-order valence-corrected chi connectivity index (χ0v) is 16.7. The van der Waals surface area contributed by atoms with Crippen molar-refractivity contribution in [3.05, 3.63) is 16.1 Å². The number of amides is 1. The third-order valence-corrected chi connectivity index (χ3v) is 5.43. The smallest absolute Gasteiger partial charge is 0.225 e. The van der Waals surface area contributed by atoms with Crippen molar-refractivity contribution in [1.29, 1.82) is 0 Å². The molecule has 1 aromatic rings. The van der Waals surface area contributed by atoms with Crippen molar-refractivity contribution in [2.45, 2.75) is 59.5 Å². The van der Waals surface area contributed by atoms with Gasteiger partial charge in [0.2, 0.25) is 5.91 Å². The first-order valence-electron chi connectivity index (χ1n) is 9.30. The Labute approximate surface area is 155 Å². The minimum atomic E-state index is 0.0784. The van der Waals surface area contributed by atoms with E-state index in [9.17, 15) is 4.79 Å². The number of thiazole rings is 1. The van der Waals surface area contributed by atoms with E-state index in [1.165, 1.54) is 4.88 Å². The Morgan fingerprint density at radius 3 is 2.68 bits per heavy atom. The summed E-state index contributed by atoms with van der Waals surface area (Å²) in [6, 6.07) is 0.358. The predicted octanol–water partition coefficient (Wildman–Crippen LogP) is 2.41. The Bertz CT molecular complexity index is 576. The molecule has 1 saturated heterocycles. The average molecular weight is 366 g/mol. The van der Waals surface area contributed by atoms with Crippen LogP contribution in [-0.2, 0) is 17.8 Å². The lowest BCUT2D eigenvalue weighted by molar-refractivity contribution is -0.135. The van der Waals surface area contributed by atoms with E-state index in [-0.39, 0.29) is 11.8 Å². The van der Waals surface area contributed by atoms with Gasteiger partial charge in [-0.3, -0.25) is 4.79 Å². The molecule has 0 radical (unpaired) electrons. The van der Waals surface area contributed by atoms with Crippen molar-refractivity contribution in [1.82, 2.24) is 20.5 Å². The van der Waals surface area contributed by atoms with Gasteiger partial charge in [-0.2, -0.15) is 0 Å². The molecule has 2 heterocycles. The number of aryl methyl sites for hydroxylation is 1. The lowest BCUT2D eigenvalue weighted by atomic mass is 10.0. The number of carbonyl (C=O) groups is 1. The van der Waals surface area contributed by atoms with Gasteiger partial charge in [0.1, 0.15) is 5.01 Å². The number of nitrogens with one attached hydrogen (secondary N) is 2. The maximum Gasteiger partial charge on any atom is 0.225 e. The van der Waals surface area contributed by atoms with Crippen LogP contribution in [0.5, 0.6) is 0 Å². The number of piperidine rings is 1. The second kappa shape index (κ2) is 9.75. The number of aromatic nitrogens is 1. The van der Waals surface area contributed by atoms with Crippen LogP contribution < -0.4 is 10.6 Å². The van der Waals surface area contributed by atoms with Crippen molar-refractivity contribution in [2.24, 2.45) is 10.9 Å². The molecule has 1 aliphatic heterocycles. The SMILES string of the molecule is CCNC(=NCc1ncc(CC)s1)NC1CCN(C(=O)C(C)C)CC1. The highest BCUT2D eigenvalue weighted by molar-refractivity contribution is 7.11. The summed E-state index contributed by atoms with van der Waals surface area (Å²) in [5.74, 6) is 1.17. The van der Waals surface area contributed by atoms with Crippen molar-refractivity contribution >= 4 is 23.2 Å². The number of carbonyl (C=O) groups excluding carboxylic acids is 1. The maximum absolute atomic E-state index is 12.1. The zero-order chi connectivity index (χ0) is 18.2. The monoisotopic (exact) mass is 365 g/mol. The van der Waals surface area contributed by atoms with Crippen molar-refractivity contribution in [3.63, 3.8) is 0 Å². The van der Waals surface area contributed by atoms with Gasteiger partial charge in [0.25, 0.3) is 0 Å². The Hall–Kier alpha value is -1.63. The summed E-state index contributed by atoms with van der Waals surface area (Å²) >= 11 is 1.73. The first-order valence-corrected chi connectivity index (χ1v) is 10.1. The summed E-state index contributed by atoms with van der Waals surface area (Å²) in [5, 5.41) is 7.87. The van der Waals surface area contributed by atoms with Gasteiger partial charge >= 0.3 is 0 Å². The Balaban J connectivity index is 1.86. The summed E-state index contributed by atoms with van der Waals surface area (Å²) in [6.45, 7) is 11.2. The number of guanidine groups is 1. The standard InChI is InChI=1S/C18H31N5OS/c1-5-15-11-20-16(25-15)12-21-18(19-6-2)22-14-7-9-23(10-8-14)17(24)13(3)4/h11,13-14H,5-10,12H2,1-4H3,(H2,19,21,22). The average Bonchev–Trinajstić information content (AvgIpc) is 3.08. The summed E-state index contributed by atoms with van der Waals surface area (Å²) in [6.07, 6.45) is 4.88. The highest BCUT2D eigenvalue weighted by Crippen LogP contribution is 2.15. The number of hydrogen-bond acceptors (Lipinski definition) is 4. The molecule has 0 bridgehead atoms. The lowest BCUT2D eigenvalue weighted by Crippen LogP contribution is -2.50. The molecule has 6 nitrogen and oxygen atoms in total. The zero-order valence-electron chi connectivity index (χ0n) is 15.8. The van der Waals surface area contributed by atoms with Crippen LogP contribution in [0.4, 0.5) is 0 Å². The fraction of sp³-hybridized carbons (Fsp3) is 0.722. The molecule has 0 saturated carbocycles. The molecule has 1 fully saturated rings. The van der Waals surface area contributed by atoms with Gasteiger partial charge in [0, 0.05) is 42.7 Å². The molecule has 0 spiro atoms. The van der Waals surface area contributed by atoms with E-state index in [4.69, 9.17) is 0 Å². The van der Waals surface area contributed by atoms with Crippen molar-refractivity contribution in [2.75, 3.05) is 19.6 Å². The Kier molecular flexibility index (Phi) is 7.68. The minimum absolute atomic E-state index is 0.0784. The minimum Gasteiger partial charge on any atom is -0.357 e. The largest absolute Gasteiger partial charge is 0.357 e. The molecule has 0 unspecified atom stereocenters. The number of nitrogens with zero attached hydrogens (tertiary/aromatic N) is 3. The molecule has 0 aromatic carbocycles. The van der Waals surface area contributed by atoms with E-state index in [1.54, 1.807) is 11.3 Å². The van der Waals surface area contributed by atoms with E-state index >= 15 is 0 Å². The van der Waals surface area contributed by atoms with E-state index in [0.29, 0.717) is 12.6 Å². The van der Waals surface area contributed by atoms with Crippen LogP contribution in [0, 0.1) is 5.92 Å². The van der Waals surface area contributed by atoms with E-state index in [0.717, 1.165) is 49.9 Å². The van der Waals surface area contributed by atoms with Crippen molar-refractivity contribution in [3.8, 4) is 0 Å². The van der Waals surface area contributed by atoms with Gasteiger partial charge in [-0.25, -0.2) is 9.98 Å². The van der Waals surface area contributed by atoms with Crippen LogP contribution in [0.2, 0.25) is 0 Å². The number of aliphatic imine (C=N–C) groups is 1. The van der Waals surface area contributed by atoms with Gasteiger partial charge in [-0.1, -0.05) is 20.8 Å². The lowest BCUT2D eigenvalue weighted by Gasteiger charge is -2.34. The highest BCUT2D eigenvalue weighted by atomic mass is 32.1. The third kappa shape index (κ3) is 5.99. The van der Waals surface area contributed by atoms with Crippen LogP contribution in [0.3, 0.4) is 0 Å². The first kappa shape index (κ1) is 19.7. The van der Waals surface area contributed by atoms with E-state index in [2.05, 4.69) is 34.5 Å². The van der Waals surface area contributed by atoms with Crippen molar-refractivity contribution < 1.29 is 4.79 Å². The molecular weight excluding hydrogens is 334 g/mol. The molecule has 140 valence electrons. The first-order chi connectivity index (χ1) is 12.0. The van der Waals surface area contributed by atoms with Crippen LogP contribution in [-0.4, -0.2) is 47.4 Å². The number of hydrogen-bond donors (Lipinski definition) is 2. The molecule has 1 aromatic heterocycles. The molecule has 0 aliphatic carbocycles.